The molecule has 0 bridgehead atoms. The van der Waals surface area contributed by atoms with Gasteiger partial charge in [0.1, 0.15) is 6.61 Å². The Labute approximate surface area is 199 Å². The van der Waals surface area contributed by atoms with E-state index in [4.69, 9.17) is 9.84 Å². The highest BCUT2D eigenvalue weighted by Gasteiger charge is 2.30. The number of rotatable bonds is 8. The minimum atomic E-state index is -0.929. The van der Waals surface area contributed by atoms with Crippen molar-refractivity contribution in [3.05, 3.63) is 59.7 Å². The molecule has 2 aromatic carbocycles. The molecule has 2 aromatic rings. The molecule has 2 amide bonds. The van der Waals surface area contributed by atoms with Gasteiger partial charge >= 0.3 is 12.1 Å². The van der Waals surface area contributed by atoms with E-state index < -0.39 is 18.1 Å². The predicted octanol–water partition coefficient (Wildman–Crippen LogP) is 4.31. The van der Waals surface area contributed by atoms with Gasteiger partial charge in [0.2, 0.25) is 5.91 Å². The van der Waals surface area contributed by atoms with Gasteiger partial charge < -0.3 is 20.5 Å². The number of hydrogen-bond acceptors (Lipinski definition) is 4. The summed E-state index contributed by atoms with van der Waals surface area (Å²) >= 11 is 0. The minimum absolute atomic E-state index is 0.0219. The van der Waals surface area contributed by atoms with Crippen molar-refractivity contribution in [1.29, 1.82) is 0 Å². The zero-order valence-corrected chi connectivity index (χ0v) is 19.5. The number of alkyl carbamates (subject to hydrolysis) is 1. The molecule has 180 valence electrons. The Balaban J connectivity index is 1.25. The summed E-state index contributed by atoms with van der Waals surface area (Å²) in [6, 6.07) is 16.1. The first kappa shape index (κ1) is 23.8. The second-order valence-corrected chi connectivity index (χ2v) is 9.44. The Bertz CT molecular complexity index is 1010. The molecule has 3 atom stereocenters. The standard InChI is InChI=1S/C27H32N2O5/c1-17(13-25(30)31)29-26(32)19-8-6-7-18(14-19)15-28-27(33)34-16-24-22-11-4-2-9-20(22)21-10-3-5-12-23(21)24/h2-5,9-12,17-19,24H,6-8,13-16H2,1H3,(H,28,33)(H,29,32)(H,30,31). The van der Waals surface area contributed by atoms with Gasteiger partial charge in [0.05, 0.1) is 6.42 Å². The summed E-state index contributed by atoms with van der Waals surface area (Å²) in [4.78, 5) is 35.8. The normalized spacial score (nSPS) is 20.0. The summed E-state index contributed by atoms with van der Waals surface area (Å²) in [6.07, 6.45) is 2.78. The lowest BCUT2D eigenvalue weighted by Crippen LogP contribution is -2.41. The molecule has 0 aromatic heterocycles. The number of amides is 2. The fourth-order valence-corrected chi connectivity index (χ4v) is 5.27. The maximum atomic E-state index is 12.5. The lowest BCUT2D eigenvalue weighted by atomic mass is 9.81. The van der Waals surface area contributed by atoms with Crippen LogP contribution in [0.4, 0.5) is 4.79 Å². The van der Waals surface area contributed by atoms with E-state index in [-0.39, 0.29) is 36.7 Å². The first-order valence-electron chi connectivity index (χ1n) is 12.0. The van der Waals surface area contributed by atoms with Crippen LogP contribution in [0.3, 0.4) is 0 Å². The Kier molecular flexibility index (Phi) is 7.50. The molecule has 4 rings (SSSR count). The van der Waals surface area contributed by atoms with E-state index in [1.165, 1.54) is 22.3 Å². The van der Waals surface area contributed by atoms with Crippen molar-refractivity contribution >= 4 is 18.0 Å². The number of hydrogen-bond donors (Lipinski definition) is 3. The molecule has 34 heavy (non-hydrogen) atoms. The van der Waals surface area contributed by atoms with Crippen LogP contribution in [0.15, 0.2) is 48.5 Å². The molecule has 7 nitrogen and oxygen atoms in total. The number of nitrogens with one attached hydrogen (secondary N) is 2. The van der Waals surface area contributed by atoms with Gasteiger partial charge in [0, 0.05) is 24.4 Å². The van der Waals surface area contributed by atoms with E-state index in [9.17, 15) is 14.4 Å². The van der Waals surface area contributed by atoms with E-state index >= 15 is 0 Å². The van der Waals surface area contributed by atoms with Gasteiger partial charge in [-0.3, -0.25) is 9.59 Å². The number of ether oxygens (including phenoxy) is 1. The van der Waals surface area contributed by atoms with Crippen molar-refractivity contribution in [3.8, 4) is 11.1 Å². The lowest BCUT2D eigenvalue weighted by molar-refractivity contribution is -0.137. The molecular weight excluding hydrogens is 432 g/mol. The third-order valence-electron chi connectivity index (χ3n) is 6.90. The molecule has 2 aliphatic rings. The quantitative estimate of drug-likeness (QED) is 0.540. The third kappa shape index (κ3) is 5.58. The largest absolute Gasteiger partial charge is 0.481 e. The number of fused-ring (bicyclic) bond motifs is 3. The number of benzene rings is 2. The third-order valence-corrected chi connectivity index (χ3v) is 6.90. The maximum absolute atomic E-state index is 12.5. The first-order chi connectivity index (χ1) is 16.4. The second kappa shape index (κ2) is 10.7. The molecule has 0 aliphatic heterocycles. The lowest BCUT2D eigenvalue weighted by Gasteiger charge is -2.29. The summed E-state index contributed by atoms with van der Waals surface area (Å²) in [5, 5.41) is 14.6. The molecule has 0 spiro atoms. The zero-order chi connectivity index (χ0) is 24.1. The smallest absolute Gasteiger partial charge is 0.407 e. The van der Waals surface area contributed by atoms with Crippen molar-refractivity contribution in [2.24, 2.45) is 11.8 Å². The van der Waals surface area contributed by atoms with E-state index in [2.05, 4.69) is 34.9 Å². The molecule has 3 N–H and O–H groups in total. The SMILES string of the molecule is CC(CC(=O)O)NC(=O)C1CCCC(CNC(=O)OCC2c3ccccc3-c3ccccc32)C1. The molecule has 0 heterocycles. The molecule has 0 radical (unpaired) electrons. The average Bonchev–Trinajstić information content (AvgIpc) is 3.15. The van der Waals surface area contributed by atoms with Gasteiger partial charge in [-0.25, -0.2) is 4.79 Å². The monoisotopic (exact) mass is 464 g/mol. The fraction of sp³-hybridized carbons (Fsp3) is 0.444. The number of carbonyl (C=O) groups is 3. The molecular formula is C27H32N2O5. The Hall–Kier alpha value is -3.35. The van der Waals surface area contributed by atoms with Gasteiger partial charge in [0.25, 0.3) is 0 Å². The van der Waals surface area contributed by atoms with Crippen molar-refractivity contribution in [2.75, 3.05) is 13.2 Å². The summed E-state index contributed by atoms with van der Waals surface area (Å²) in [7, 11) is 0. The van der Waals surface area contributed by atoms with E-state index in [0.29, 0.717) is 13.0 Å². The Morgan fingerprint density at radius 1 is 1.03 bits per heavy atom. The van der Waals surface area contributed by atoms with Crippen LogP contribution >= 0.6 is 0 Å². The van der Waals surface area contributed by atoms with Gasteiger partial charge in [0.15, 0.2) is 0 Å². The highest BCUT2D eigenvalue weighted by atomic mass is 16.5. The number of aliphatic carboxylic acids is 1. The highest BCUT2D eigenvalue weighted by molar-refractivity contribution is 5.80. The first-order valence-corrected chi connectivity index (χ1v) is 12.0. The van der Waals surface area contributed by atoms with E-state index in [1.54, 1.807) is 6.92 Å². The van der Waals surface area contributed by atoms with Crippen molar-refractivity contribution < 1.29 is 24.2 Å². The van der Waals surface area contributed by atoms with Crippen LogP contribution in [0.2, 0.25) is 0 Å². The number of carboxylic acids is 1. The van der Waals surface area contributed by atoms with Crippen LogP contribution in [0.1, 0.15) is 56.1 Å². The van der Waals surface area contributed by atoms with Gasteiger partial charge in [-0.1, -0.05) is 55.0 Å². The van der Waals surface area contributed by atoms with Gasteiger partial charge in [-0.15, -0.1) is 0 Å². The molecule has 7 heteroatoms. The van der Waals surface area contributed by atoms with Crippen LogP contribution in [-0.2, 0) is 14.3 Å². The zero-order valence-electron chi connectivity index (χ0n) is 19.5. The molecule has 3 unspecified atom stereocenters. The Morgan fingerprint density at radius 2 is 1.68 bits per heavy atom. The molecule has 0 saturated heterocycles. The highest BCUT2D eigenvalue weighted by Crippen LogP contribution is 2.44. The van der Waals surface area contributed by atoms with E-state index in [0.717, 1.165) is 19.3 Å². The predicted molar refractivity (Wildman–Crippen MR) is 128 cm³/mol. The summed E-state index contributed by atoms with van der Waals surface area (Å²) in [5.41, 5.74) is 4.73. The van der Waals surface area contributed by atoms with Gasteiger partial charge in [-0.05, 0) is 54.4 Å². The average molecular weight is 465 g/mol. The fourth-order valence-electron chi connectivity index (χ4n) is 5.27. The van der Waals surface area contributed by atoms with Crippen molar-refractivity contribution in [3.63, 3.8) is 0 Å². The van der Waals surface area contributed by atoms with Crippen molar-refractivity contribution in [2.45, 2.75) is 51.0 Å². The molecule has 1 fully saturated rings. The maximum Gasteiger partial charge on any atom is 0.407 e. The molecule has 1 saturated carbocycles. The Morgan fingerprint density at radius 3 is 2.32 bits per heavy atom. The minimum Gasteiger partial charge on any atom is -0.481 e. The van der Waals surface area contributed by atoms with Crippen LogP contribution in [-0.4, -0.2) is 42.3 Å². The summed E-state index contributed by atoms with van der Waals surface area (Å²) < 4.78 is 5.61. The van der Waals surface area contributed by atoms with Crippen LogP contribution < -0.4 is 10.6 Å². The van der Waals surface area contributed by atoms with Crippen LogP contribution in [0, 0.1) is 11.8 Å². The number of carboxylic acid groups (broad SMARTS) is 1. The van der Waals surface area contributed by atoms with Crippen molar-refractivity contribution in [1.82, 2.24) is 10.6 Å². The molecule has 2 aliphatic carbocycles. The summed E-state index contributed by atoms with van der Waals surface area (Å²) in [6.45, 7) is 2.44. The second-order valence-electron chi connectivity index (χ2n) is 9.44. The number of carbonyl (C=O) groups excluding carboxylic acids is 2. The van der Waals surface area contributed by atoms with Gasteiger partial charge in [-0.2, -0.15) is 0 Å². The van der Waals surface area contributed by atoms with Crippen LogP contribution in [0.25, 0.3) is 11.1 Å². The topological polar surface area (TPSA) is 105 Å². The summed E-state index contributed by atoms with van der Waals surface area (Å²) in [5.74, 6) is -0.964. The van der Waals surface area contributed by atoms with Crippen LogP contribution in [0.5, 0.6) is 0 Å². The van der Waals surface area contributed by atoms with E-state index in [1.807, 2.05) is 24.3 Å².